The Bertz CT molecular complexity index is 690. The summed E-state index contributed by atoms with van der Waals surface area (Å²) in [5.74, 6) is 0.809. The van der Waals surface area contributed by atoms with Gasteiger partial charge in [0.05, 0.1) is 17.6 Å². The van der Waals surface area contributed by atoms with Gasteiger partial charge in [0.2, 0.25) is 0 Å². The topological polar surface area (TPSA) is 32.3 Å². The molecule has 0 fully saturated rings. The second-order valence-electron chi connectivity index (χ2n) is 4.74. The number of hydrogen-bond donors (Lipinski definition) is 0. The predicted molar refractivity (Wildman–Crippen MR) is 84.9 cm³/mol. The number of anilines is 4. The fraction of sp³-hybridized carbons (Fsp3) is 0. The fourth-order valence-corrected chi connectivity index (χ4v) is 2.50. The minimum absolute atomic E-state index is 0. The summed E-state index contributed by atoms with van der Waals surface area (Å²) in [5, 5.41) is 0. The van der Waals surface area contributed by atoms with Crippen LogP contribution < -0.4 is 9.62 Å². The van der Waals surface area contributed by atoms with Crippen LogP contribution in [0.2, 0.25) is 0 Å². The average Bonchev–Trinajstić information content (AvgIpc) is 2.96. The van der Waals surface area contributed by atoms with Crippen LogP contribution >= 0.6 is 0 Å². The van der Waals surface area contributed by atoms with Crippen molar-refractivity contribution in [2.24, 2.45) is 0 Å². The van der Waals surface area contributed by atoms with Gasteiger partial charge in [-0.1, -0.05) is 30.3 Å². The van der Waals surface area contributed by atoms with E-state index in [9.17, 15) is 0 Å². The third kappa shape index (κ3) is 2.51. The van der Waals surface area contributed by atoms with Crippen LogP contribution in [0.25, 0.3) is 0 Å². The quantitative estimate of drug-likeness (QED) is 0.547. The van der Waals surface area contributed by atoms with Crippen LogP contribution in [0.5, 0.6) is 0 Å². The van der Waals surface area contributed by atoms with Crippen molar-refractivity contribution in [3.8, 4) is 0 Å². The van der Waals surface area contributed by atoms with Crippen molar-refractivity contribution in [3.63, 3.8) is 0 Å². The second-order valence-corrected chi connectivity index (χ2v) is 4.74. The predicted octanol–water partition coefficient (Wildman–Crippen LogP) is 3.30. The molecule has 0 atom stereocenters. The Balaban J connectivity index is 0.00000144. The summed E-state index contributed by atoms with van der Waals surface area (Å²) in [5.41, 5.74) is 3.35. The maximum Gasteiger partial charge on any atom is 0.402 e. The molecule has 0 saturated carbocycles. The first-order valence-corrected chi connectivity index (χ1v) is 6.77. The van der Waals surface area contributed by atoms with Crippen LogP contribution in [-0.2, 0) is 20.1 Å². The first-order chi connectivity index (χ1) is 10.4. The van der Waals surface area contributed by atoms with Gasteiger partial charge in [0.25, 0.3) is 0 Å². The van der Waals surface area contributed by atoms with Crippen LogP contribution in [0.3, 0.4) is 0 Å². The molecule has 108 valence electrons. The Hall–Kier alpha value is -2.17. The van der Waals surface area contributed by atoms with E-state index in [4.69, 9.17) is 0 Å². The monoisotopic (exact) mass is 464 g/mol. The standard InChI is InChI=1S/C16H12BN4.Ir/c1-2-6-13(7-3-1)20-14-8-4-5-9-15(14)21(17-20)16-12-18-10-11-19-16;/h1-12H;. The summed E-state index contributed by atoms with van der Waals surface area (Å²) in [6.07, 6.45) is 5.15. The van der Waals surface area contributed by atoms with Gasteiger partial charge in [0.15, 0.2) is 0 Å². The van der Waals surface area contributed by atoms with Crippen molar-refractivity contribution in [1.82, 2.24) is 9.97 Å². The number of aromatic nitrogens is 2. The summed E-state index contributed by atoms with van der Waals surface area (Å²) in [4.78, 5) is 12.8. The summed E-state index contributed by atoms with van der Waals surface area (Å²) >= 11 is 0. The smallest absolute Gasteiger partial charge is 0.367 e. The molecule has 0 amide bonds. The summed E-state index contributed by atoms with van der Waals surface area (Å²) in [6, 6.07) is 18.5. The molecule has 1 aliphatic heterocycles. The molecule has 0 spiro atoms. The Morgan fingerprint density at radius 3 is 2.14 bits per heavy atom. The van der Waals surface area contributed by atoms with Crippen molar-refractivity contribution in [1.29, 1.82) is 0 Å². The van der Waals surface area contributed by atoms with Crippen LogP contribution in [0.4, 0.5) is 22.9 Å². The van der Waals surface area contributed by atoms with E-state index in [1.165, 1.54) is 0 Å². The molecule has 1 aliphatic rings. The molecule has 4 rings (SSSR count). The first kappa shape index (κ1) is 14.8. The molecular formula is C16H12BIrN4. The Labute approximate surface area is 143 Å². The molecule has 0 aliphatic carbocycles. The van der Waals surface area contributed by atoms with E-state index in [0.717, 1.165) is 22.9 Å². The summed E-state index contributed by atoms with van der Waals surface area (Å²) in [7, 11) is 2.05. The van der Waals surface area contributed by atoms with E-state index >= 15 is 0 Å². The van der Waals surface area contributed by atoms with E-state index in [1.807, 2.05) is 37.9 Å². The maximum absolute atomic E-state index is 4.39. The molecule has 2 heterocycles. The molecule has 2 aromatic carbocycles. The van der Waals surface area contributed by atoms with Crippen LogP contribution in [-0.4, -0.2) is 17.5 Å². The zero-order chi connectivity index (χ0) is 14.1. The zero-order valence-corrected chi connectivity index (χ0v) is 14.0. The summed E-state index contributed by atoms with van der Waals surface area (Å²) in [6.45, 7) is 0. The van der Waals surface area contributed by atoms with Gasteiger partial charge in [-0.25, -0.2) is 4.98 Å². The number of para-hydroxylation sites is 3. The number of fused-ring (bicyclic) bond motifs is 1. The molecule has 1 aromatic heterocycles. The van der Waals surface area contributed by atoms with Crippen molar-refractivity contribution in [2.75, 3.05) is 9.62 Å². The normalized spacial score (nSPS) is 12.4. The van der Waals surface area contributed by atoms with Crippen molar-refractivity contribution < 1.29 is 20.1 Å². The van der Waals surface area contributed by atoms with E-state index in [1.54, 1.807) is 18.6 Å². The third-order valence-corrected chi connectivity index (χ3v) is 3.46. The first-order valence-electron chi connectivity index (χ1n) is 6.77. The van der Waals surface area contributed by atoms with E-state index in [0.29, 0.717) is 0 Å². The second kappa shape index (κ2) is 6.30. The number of hydrogen-bond acceptors (Lipinski definition) is 4. The number of nitrogens with zero attached hydrogens (tertiary/aromatic N) is 4. The Morgan fingerprint density at radius 1 is 0.773 bits per heavy atom. The van der Waals surface area contributed by atoms with Crippen LogP contribution in [0.1, 0.15) is 0 Å². The van der Waals surface area contributed by atoms with Gasteiger partial charge in [-0.15, -0.1) is 0 Å². The zero-order valence-electron chi connectivity index (χ0n) is 11.6. The molecular weight excluding hydrogens is 451 g/mol. The van der Waals surface area contributed by atoms with Gasteiger partial charge in [-0.2, -0.15) is 0 Å². The molecule has 22 heavy (non-hydrogen) atoms. The minimum atomic E-state index is 0. The Morgan fingerprint density at radius 2 is 1.45 bits per heavy atom. The largest absolute Gasteiger partial charge is 0.402 e. The summed E-state index contributed by atoms with van der Waals surface area (Å²) < 4.78 is 0. The molecule has 0 N–H and O–H groups in total. The average molecular weight is 463 g/mol. The van der Waals surface area contributed by atoms with Gasteiger partial charge in [-0.05, 0) is 24.3 Å². The number of rotatable bonds is 2. The van der Waals surface area contributed by atoms with Gasteiger partial charge < -0.3 is 9.62 Å². The van der Waals surface area contributed by atoms with Gasteiger partial charge in [-0.3, -0.25) is 4.98 Å². The van der Waals surface area contributed by atoms with Crippen molar-refractivity contribution in [3.05, 3.63) is 73.2 Å². The Kier molecular flexibility index (Phi) is 4.23. The molecule has 0 unspecified atom stereocenters. The number of benzene rings is 2. The van der Waals surface area contributed by atoms with Gasteiger partial charge in [0.1, 0.15) is 5.82 Å². The van der Waals surface area contributed by atoms with Crippen molar-refractivity contribution in [2.45, 2.75) is 0 Å². The third-order valence-electron chi connectivity index (χ3n) is 3.46. The van der Waals surface area contributed by atoms with E-state index in [-0.39, 0.29) is 20.1 Å². The van der Waals surface area contributed by atoms with Crippen molar-refractivity contribution >= 4 is 30.4 Å². The van der Waals surface area contributed by atoms with Gasteiger partial charge in [0, 0.05) is 38.2 Å². The van der Waals surface area contributed by atoms with Crippen LogP contribution in [0, 0.1) is 0 Å². The van der Waals surface area contributed by atoms with E-state index in [2.05, 4.69) is 43.9 Å². The molecule has 0 saturated heterocycles. The molecule has 4 nitrogen and oxygen atoms in total. The SMILES string of the molecule is [B]1N(c2ccccc2)c2ccccc2N1c1cnccn1.[Ir]. The van der Waals surface area contributed by atoms with E-state index < -0.39 is 0 Å². The minimum Gasteiger partial charge on any atom is -0.367 e. The molecule has 2 radical (unpaired) electrons. The van der Waals surface area contributed by atoms with Gasteiger partial charge >= 0.3 is 7.55 Å². The molecule has 0 bridgehead atoms. The fourth-order valence-electron chi connectivity index (χ4n) is 2.50. The molecule has 6 heteroatoms. The van der Waals surface area contributed by atoms with Crippen LogP contribution in [0.15, 0.2) is 73.2 Å². The maximum atomic E-state index is 4.39. The molecule has 3 aromatic rings.